The van der Waals surface area contributed by atoms with Crippen LogP contribution in [0.1, 0.15) is 42.9 Å². The van der Waals surface area contributed by atoms with Crippen molar-refractivity contribution in [3.05, 3.63) is 59.4 Å². The average molecular weight is 503 g/mol. The van der Waals surface area contributed by atoms with Crippen molar-refractivity contribution in [3.63, 3.8) is 0 Å². The Morgan fingerprint density at radius 3 is 2.48 bits per heavy atom. The van der Waals surface area contributed by atoms with E-state index in [4.69, 9.17) is 5.26 Å². The lowest BCUT2D eigenvalue weighted by molar-refractivity contribution is -0.166. The zero-order valence-electron chi connectivity index (χ0n) is 18.2. The van der Waals surface area contributed by atoms with Crippen LogP contribution in [0.15, 0.2) is 42.7 Å². The monoisotopic (exact) mass is 502 g/mol. The highest BCUT2D eigenvalue weighted by atomic mass is 35.5. The van der Waals surface area contributed by atoms with Gasteiger partial charge in [-0.15, -0.1) is 24.8 Å². The number of hydrogen-bond acceptors (Lipinski definition) is 4. The lowest BCUT2D eigenvalue weighted by atomic mass is 10.0. The molecule has 180 valence electrons. The second-order valence-electron chi connectivity index (χ2n) is 7.80. The van der Waals surface area contributed by atoms with Gasteiger partial charge < -0.3 is 9.80 Å². The van der Waals surface area contributed by atoms with E-state index >= 15 is 0 Å². The topological polar surface area (TPSA) is 60.2 Å². The number of anilines is 1. The van der Waals surface area contributed by atoms with Crippen LogP contribution in [0.3, 0.4) is 0 Å². The van der Waals surface area contributed by atoms with Crippen molar-refractivity contribution in [1.29, 1.82) is 5.26 Å². The van der Waals surface area contributed by atoms with E-state index in [1.54, 1.807) is 24.5 Å². The van der Waals surface area contributed by atoms with Crippen LogP contribution >= 0.6 is 24.8 Å². The maximum Gasteiger partial charge on any atom is 0.406 e. The fourth-order valence-electron chi connectivity index (χ4n) is 3.94. The molecule has 1 saturated heterocycles. The Hall–Kier alpha value is -2.50. The van der Waals surface area contributed by atoms with E-state index in [1.807, 2.05) is 30.0 Å². The summed E-state index contributed by atoms with van der Waals surface area (Å²) in [5.41, 5.74) is 3.25. The fraction of sp³-hybridized carbons (Fsp3) is 0.435. The Kier molecular flexibility index (Phi) is 10.9. The summed E-state index contributed by atoms with van der Waals surface area (Å²) in [5, 5.41) is 8.96. The molecule has 10 heteroatoms. The van der Waals surface area contributed by atoms with Crippen molar-refractivity contribution in [2.24, 2.45) is 0 Å². The van der Waals surface area contributed by atoms with Crippen LogP contribution in [0.2, 0.25) is 0 Å². The Morgan fingerprint density at radius 2 is 1.88 bits per heavy atom. The fourth-order valence-corrected chi connectivity index (χ4v) is 3.94. The molecule has 1 aromatic carbocycles. The molecular formula is C23H27Cl2F3N4O. The minimum atomic E-state index is -4.42. The Labute approximate surface area is 204 Å². The summed E-state index contributed by atoms with van der Waals surface area (Å²) >= 11 is 0. The number of benzene rings is 1. The number of carbonyl (C=O) groups excluding carboxylic acids is 1. The first-order valence-electron chi connectivity index (χ1n) is 10.3. The Balaban J connectivity index is 0.00000272. The van der Waals surface area contributed by atoms with E-state index in [9.17, 15) is 18.0 Å². The summed E-state index contributed by atoms with van der Waals surface area (Å²) in [4.78, 5) is 19.8. The number of hydrogen-bond donors (Lipinski definition) is 0. The highest BCUT2D eigenvalue weighted by Gasteiger charge is 2.40. The molecule has 0 saturated carbocycles. The molecule has 2 aromatic rings. The third-order valence-electron chi connectivity index (χ3n) is 5.46. The van der Waals surface area contributed by atoms with Crippen molar-refractivity contribution in [2.45, 2.75) is 44.8 Å². The zero-order chi connectivity index (χ0) is 22.4. The van der Waals surface area contributed by atoms with Crippen LogP contribution in [0.5, 0.6) is 0 Å². The zero-order valence-corrected chi connectivity index (χ0v) is 19.8. The molecule has 0 radical (unpaired) electrons. The van der Waals surface area contributed by atoms with Gasteiger partial charge in [-0.25, -0.2) is 0 Å². The second-order valence-corrected chi connectivity index (χ2v) is 7.80. The molecular weight excluding hydrogens is 476 g/mol. The predicted molar refractivity (Wildman–Crippen MR) is 126 cm³/mol. The Morgan fingerprint density at radius 1 is 1.18 bits per heavy atom. The number of amides is 1. The molecule has 0 aliphatic carbocycles. The highest BCUT2D eigenvalue weighted by molar-refractivity contribution is 5.85. The summed E-state index contributed by atoms with van der Waals surface area (Å²) in [7, 11) is 0. The van der Waals surface area contributed by atoms with Crippen LogP contribution < -0.4 is 4.90 Å². The van der Waals surface area contributed by atoms with Crippen molar-refractivity contribution < 1.29 is 18.0 Å². The van der Waals surface area contributed by atoms with E-state index in [-0.39, 0.29) is 31.4 Å². The van der Waals surface area contributed by atoms with Crippen molar-refractivity contribution in [3.8, 4) is 6.07 Å². The van der Waals surface area contributed by atoms with Gasteiger partial charge in [0.25, 0.3) is 0 Å². The van der Waals surface area contributed by atoms with Crippen molar-refractivity contribution in [2.75, 3.05) is 24.5 Å². The van der Waals surface area contributed by atoms with Crippen LogP contribution in [0, 0.1) is 11.3 Å². The molecule has 2 heterocycles. The van der Waals surface area contributed by atoms with Crippen LogP contribution in [-0.2, 0) is 11.2 Å². The van der Waals surface area contributed by atoms with E-state index in [1.165, 1.54) is 0 Å². The molecule has 33 heavy (non-hydrogen) atoms. The molecule has 3 rings (SSSR count). The van der Waals surface area contributed by atoms with Gasteiger partial charge in [0, 0.05) is 37.1 Å². The van der Waals surface area contributed by atoms with E-state index < -0.39 is 24.7 Å². The number of rotatable bonds is 7. The summed E-state index contributed by atoms with van der Waals surface area (Å²) in [6.07, 6.45) is 1.63. The SMILES string of the molecule is CCCCC1CN(c2ccncc2Cc2ccc(C#N)cc2)CC(=O)N1CC(F)(F)F.Cl.Cl. The highest BCUT2D eigenvalue weighted by Crippen LogP contribution is 2.29. The maximum absolute atomic E-state index is 13.1. The second kappa shape index (κ2) is 12.7. The number of aromatic nitrogens is 1. The number of alkyl halides is 3. The minimum absolute atomic E-state index is 0. The first kappa shape index (κ1) is 28.5. The van der Waals surface area contributed by atoms with Gasteiger partial charge in [-0.1, -0.05) is 31.9 Å². The molecule has 1 atom stereocenters. The van der Waals surface area contributed by atoms with Gasteiger partial charge in [0.15, 0.2) is 0 Å². The summed E-state index contributed by atoms with van der Waals surface area (Å²) < 4.78 is 39.2. The third kappa shape index (κ3) is 7.79. The van der Waals surface area contributed by atoms with E-state index in [0.29, 0.717) is 24.9 Å². The van der Waals surface area contributed by atoms with Crippen LogP contribution in [0.4, 0.5) is 18.9 Å². The summed E-state index contributed by atoms with van der Waals surface area (Å²) in [6, 6.07) is 10.6. The molecule has 1 amide bonds. The number of halogens is 5. The van der Waals surface area contributed by atoms with Gasteiger partial charge in [0.05, 0.1) is 18.2 Å². The van der Waals surface area contributed by atoms with Gasteiger partial charge in [0.2, 0.25) is 5.91 Å². The molecule has 1 aromatic heterocycles. The smallest absolute Gasteiger partial charge is 0.360 e. The predicted octanol–water partition coefficient (Wildman–Crippen LogP) is 5.16. The number of carbonyl (C=O) groups is 1. The number of unbranched alkanes of at least 4 members (excludes halogenated alkanes) is 1. The number of pyridine rings is 1. The van der Waals surface area contributed by atoms with Gasteiger partial charge in [-0.3, -0.25) is 9.78 Å². The summed E-state index contributed by atoms with van der Waals surface area (Å²) in [5.74, 6) is -0.509. The molecule has 1 aliphatic heterocycles. The number of nitriles is 1. The molecule has 1 aliphatic rings. The number of nitrogens with zero attached hydrogens (tertiary/aromatic N) is 4. The molecule has 1 unspecified atom stereocenters. The average Bonchev–Trinajstić information content (AvgIpc) is 2.74. The Bertz CT molecular complexity index is 948. The third-order valence-corrected chi connectivity index (χ3v) is 5.46. The normalized spacial score (nSPS) is 16.0. The molecule has 0 bridgehead atoms. The van der Waals surface area contributed by atoms with Gasteiger partial charge in [-0.2, -0.15) is 18.4 Å². The quantitative estimate of drug-likeness (QED) is 0.524. The lowest BCUT2D eigenvalue weighted by Crippen LogP contribution is -2.58. The van der Waals surface area contributed by atoms with Crippen LogP contribution in [-0.4, -0.2) is 47.6 Å². The molecule has 1 fully saturated rings. The summed E-state index contributed by atoms with van der Waals surface area (Å²) in [6.45, 7) is 1.03. The standard InChI is InChI=1S/C23H25F3N4O.2ClH/c1-2-3-4-20-14-29(15-22(31)30(20)16-23(24,25)26)21-9-10-28-13-19(21)11-17-5-7-18(12-27)8-6-17;;/h5-10,13,20H,2-4,11,14-16H2,1H3;2*1H. The number of piperazine rings is 1. The van der Waals surface area contributed by atoms with Gasteiger partial charge in [0.1, 0.15) is 6.54 Å². The first-order chi connectivity index (χ1) is 14.8. The van der Waals surface area contributed by atoms with E-state index in [0.717, 1.165) is 34.6 Å². The lowest BCUT2D eigenvalue weighted by Gasteiger charge is -2.43. The first-order valence-corrected chi connectivity index (χ1v) is 10.3. The van der Waals surface area contributed by atoms with E-state index in [2.05, 4.69) is 11.1 Å². The van der Waals surface area contributed by atoms with Gasteiger partial charge >= 0.3 is 6.18 Å². The van der Waals surface area contributed by atoms with Gasteiger partial charge in [-0.05, 0) is 35.7 Å². The molecule has 0 spiro atoms. The maximum atomic E-state index is 13.1. The largest absolute Gasteiger partial charge is 0.406 e. The molecule has 5 nitrogen and oxygen atoms in total. The van der Waals surface area contributed by atoms with Crippen molar-refractivity contribution in [1.82, 2.24) is 9.88 Å². The minimum Gasteiger partial charge on any atom is -0.360 e. The van der Waals surface area contributed by atoms with Crippen LogP contribution in [0.25, 0.3) is 0 Å². The van der Waals surface area contributed by atoms with Crippen molar-refractivity contribution >= 4 is 36.4 Å². The molecule has 0 N–H and O–H groups in total.